The molecule has 6 nitrogen and oxygen atoms in total. The zero-order chi connectivity index (χ0) is 14.7. The lowest BCUT2D eigenvalue weighted by molar-refractivity contribution is 0.353. The van der Waals surface area contributed by atoms with Gasteiger partial charge in [0.1, 0.15) is 5.75 Å². The second-order valence-corrected chi connectivity index (χ2v) is 5.70. The number of aromatic nitrogens is 2. The highest BCUT2D eigenvalue weighted by Gasteiger charge is 2.17. The van der Waals surface area contributed by atoms with Crippen molar-refractivity contribution in [1.29, 1.82) is 0 Å². The van der Waals surface area contributed by atoms with Crippen LogP contribution in [0.15, 0.2) is 21.0 Å². The molecule has 0 fully saturated rings. The average molecular weight is 353 g/mol. The molecule has 1 aliphatic heterocycles. The Bertz CT molecular complexity index is 629. The zero-order valence-electron chi connectivity index (χ0n) is 11.8. The largest absolute Gasteiger partial charge is 0.493 e. The third-order valence-corrected chi connectivity index (χ3v) is 3.71. The van der Waals surface area contributed by atoms with E-state index >= 15 is 0 Å². The molecule has 2 N–H and O–H groups in total. The number of halogens is 1. The molecule has 1 aromatic heterocycles. The minimum absolute atomic E-state index is 0.426. The van der Waals surface area contributed by atoms with Crippen LogP contribution in [-0.2, 0) is 19.5 Å². The van der Waals surface area contributed by atoms with Crippen LogP contribution < -0.4 is 15.4 Å². The van der Waals surface area contributed by atoms with Gasteiger partial charge < -0.3 is 19.8 Å². The minimum Gasteiger partial charge on any atom is -0.493 e. The molecule has 21 heavy (non-hydrogen) atoms. The maximum absolute atomic E-state index is 5.69. The first-order valence-electron chi connectivity index (χ1n) is 6.97. The SMILES string of the molecule is CCNCc1nnc(NCc2cc(Br)cc3c2OCC3)o1. The molecule has 2 heterocycles. The number of nitrogens with one attached hydrogen (secondary N) is 2. The van der Waals surface area contributed by atoms with Gasteiger partial charge in [0, 0.05) is 23.0 Å². The van der Waals surface area contributed by atoms with E-state index in [4.69, 9.17) is 9.15 Å². The normalized spacial score (nSPS) is 13.0. The molecule has 1 aromatic carbocycles. The van der Waals surface area contributed by atoms with Crippen LogP contribution in [0.4, 0.5) is 6.01 Å². The molecule has 0 spiro atoms. The van der Waals surface area contributed by atoms with Gasteiger partial charge in [-0.3, -0.25) is 0 Å². The van der Waals surface area contributed by atoms with Crippen molar-refractivity contribution in [1.82, 2.24) is 15.5 Å². The summed E-state index contributed by atoms with van der Waals surface area (Å²) in [7, 11) is 0. The van der Waals surface area contributed by atoms with Gasteiger partial charge in [-0.15, -0.1) is 5.10 Å². The van der Waals surface area contributed by atoms with E-state index < -0.39 is 0 Å². The summed E-state index contributed by atoms with van der Waals surface area (Å²) in [5.41, 5.74) is 2.32. The van der Waals surface area contributed by atoms with Crippen molar-refractivity contribution in [2.24, 2.45) is 0 Å². The van der Waals surface area contributed by atoms with E-state index in [9.17, 15) is 0 Å². The van der Waals surface area contributed by atoms with E-state index in [-0.39, 0.29) is 0 Å². The predicted octanol–water partition coefficient (Wildman–Crippen LogP) is 2.49. The van der Waals surface area contributed by atoms with Gasteiger partial charge in [-0.1, -0.05) is 28.0 Å². The van der Waals surface area contributed by atoms with E-state index in [2.05, 4.69) is 42.8 Å². The second-order valence-electron chi connectivity index (χ2n) is 4.79. The van der Waals surface area contributed by atoms with Crippen LogP contribution >= 0.6 is 15.9 Å². The Labute approximate surface area is 131 Å². The fourth-order valence-electron chi connectivity index (χ4n) is 2.28. The smallest absolute Gasteiger partial charge is 0.315 e. The van der Waals surface area contributed by atoms with Crippen LogP contribution in [0.5, 0.6) is 5.75 Å². The Kier molecular flexibility index (Phi) is 4.40. The van der Waals surface area contributed by atoms with Crippen LogP contribution in [0.2, 0.25) is 0 Å². The summed E-state index contributed by atoms with van der Waals surface area (Å²) in [6, 6.07) is 4.58. The summed E-state index contributed by atoms with van der Waals surface area (Å²) >= 11 is 3.53. The number of fused-ring (bicyclic) bond motifs is 1. The molecule has 0 atom stereocenters. The first-order chi connectivity index (χ1) is 10.3. The number of rotatable bonds is 6. The summed E-state index contributed by atoms with van der Waals surface area (Å²) in [6.07, 6.45) is 0.954. The molecule has 0 saturated carbocycles. The molecule has 0 unspecified atom stereocenters. The van der Waals surface area contributed by atoms with Gasteiger partial charge in [-0.2, -0.15) is 0 Å². The van der Waals surface area contributed by atoms with Crippen molar-refractivity contribution >= 4 is 21.9 Å². The lowest BCUT2D eigenvalue weighted by Crippen LogP contribution is -2.11. The fraction of sp³-hybridized carbons (Fsp3) is 0.429. The Morgan fingerprint density at radius 1 is 1.29 bits per heavy atom. The molecule has 1 aliphatic rings. The van der Waals surface area contributed by atoms with Gasteiger partial charge in [0.25, 0.3) is 0 Å². The molecule has 0 amide bonds. The topological polar surface area (TPSA) is 72.2 Å². The quantitative estimate of drug-likeness (QED) is 0.832. The van der Waals surface area contributed by atoms with E-state index in [0.717, 1.165) is 35.4 Å². The summed E-state index contributed by atoms with van der Waals surface area (Å²) in [6.45, 7) is 4.81. The van der Waals surface area contributed by atoms with Crippen molar-refractivity contribution in [3.63, 3.8) is 0 Å². The third-order valence-electron chi connectivity index (χ3n) is 3.25. The first kappa shape index (κ1) is 14.3. The predicted molar refractivity (Wildman–Crippen MR) is 82.3 cm³/mol. The number of benzene rings is 1. The summed E-state index contributed by atoms with van der Waals surface area (Å²) in [5.74, 6) is 1.55. The molecule has 0 aliphatic carbocycles. The van der Waals surface area contributed by atoms with Crippen molar-refractivity contribution < 1.29 is 9.15 Å². The van der Waals surface area contributed by atoms with Crippen LogP contribution in [0.3, 0.4) is 0 Å². The second kappa shape index (κ2) is 6.44. The molecule has 2 aromatic rings. The fourth-order valence-corrected chi connectivity index (χ4v) is 2.83. The van der Waals surface area contributed by atoms with Crippen molar-refractivity contribution in [2.45, 2.75) is 26.4 Å². The highest BCUT2D eigenvalue weighted by atomic mass is 79.9. The van der Waals surface area contributed by atoms with Gasteiger partial charge in [0.15, 0.2) is 0 Å². The standard InChI is InChI=1S/C14H17BrN4O2/c1-2-16-8-12-18-19-14(21-12)17-7-10-6-11(15)5-9-3-4-20-13(9)10/h5-6,16H,2-4,7-8H2,1H3,(H,17,19). The van der Waals surface area contributed by atoms with Crippen LogP contribution in [0.25, 0.3) is 0 Å². The monoisotopic (exact) mass is 352 g/mol. The van der Waals surface area contributed by atoms with Gasteiger partial charge in [0.2, 0.25) is 5.89 Å². The molecule has 0 saturated heterocycles. The van der Waals surface area contributed by atoms with Crippen molar-refractivity contribution in [2.75, 3.05) is 18.5 Å². The zero-order valence-corrected chi connectivity index (χ0v) is 13.4. The van der Waals surface area contributed by atoms with Gasteiger partial charge in [-0.25, -0.2) is 0 Å². The van der Waals surface area contributed by atoms with E-state index in [1.165, 1.54) is 5.56 Å². The number of anilines is 1. The van der Waals surface area contributed by atoms with E-state index in [1.807, 2.05) is 13.0 Å². The molecular formula is C14H17BrN4O2. The Morgan fingerprint density at radius 3 is 3.05 bits per heavy atom. The number of nitrogens with zero attached hydrogens (tertiary/aromatic N) is 2. The molecule has 0 radical (unpaired) electrons. The Morgan fingerprint density at radius 2 is 2.19 bits per heavy atom. The lowest BCUT2D eigenvalue weighted by atomic mass is 10.1. The van der Waals surface area contributed by atoms with Crippen LogP contribution in [0, 0.1) is 0 Å². The third kappa shape index (κ3) is 3.36. The summed E-state index contributed by atoms with van der Waals surface area (Å²) in [4.78, 5) is 0. The maximum Gasteiger partial charge on any atom is 0.315 e. The van der Waals surface area contributed by atoms with Crippen LogP contribution in [0.1, 0.15) is 23.9 Å². The Balaban J connectivity index is 1.66. The van der Waals surface area contributed by atoms with E-state index in [0.29, 0.717) is 25.0 Å². The Hall–Kier alpha value is -1.60. The van der Waals surface area contributed by atoms with Crippen LogP contribution in [-0.4, -0.2) is 23.3 Å². The number of ether oxygens (including phenoxy) is 1. The average Bonchev–Trinajstić information content (AvgIpc) is 3.11. The van der Waals surface area contributed by atoms with Crippen molar-refractivity contribution in [3.05, 3.63) is 33.6 Å². The highest BCUT2D eigenvalue weighted by Crippen LogP contribution is 2.33. The number of hydrogen-bond donors (Lipinski definition) is 2. The molecular weight excluding hydrogens is 336 g/mol. The molecule has 3 rings (SSSR count). The van der Waals surface area contributed by atoms with Gasteiger partial charge in [-0.05, 0) is 24.2 Å². The first-order valence-corrected chi connectivity index (χ1v) is 7.76. The maximum atomic E-state index is 5.69. The molecule has 112 valence electrons. The van der Waals surface area contributed by atoms with Gasteiger partial charge in [0.05, 0.1) is 13.2 Å². The molecule has 0 bridgehead atoms. The summed E-state index contributed by atoms with van der Waals surface area (Å²) < 4.78 is 12.3. The van der Waals surface area contributed by atoms with Gasteiger partial charge >= 0.3 is 6.01 Å². The van der Waals surface area contributed by atoms with E-state index in [1.54, 1.807) is 0 Å². The lowest BCUT2D eigenvalue weighted by Gasteiger charge is -2.09. The summed E-state index contributed by atoms with van der Waals surface area (Å²) in [5, 5.41) is 14.2. The number of hydrogen-bond acceptors (Lipinski definition) is 6. The molecule has 7 heteroatoms. The van der Waals surface area contributed by atoms with Crippen molar-refractivity contribution in [3.8, 4) is 5.75 Å². The highest BCUT2D eigenvalue weighted by molar-refractivity contribution is 9.10. The minimum atomic E-state index is 0.426.